The zero-order valence-electron chi connectivity index (χ0n) is 19.9. The molecule has 0 bridgehead atoms. The Hall–Kier alpha value is -3.14. The van der Waals surface area contributed by atoms with Crippen molar-refractivity contribution in [2.45, 2.75) is 38.5 Å². The van der Waals surface area contributed by atoms with Crippen LogP contribution < -0.4 is 16.0 Å². The van der Waals surface area contributed by atoms with Gasteiger partial charge >= 0.3 is 11.9 Å². The van der Waals surface area contributed by atoms with Crippen LogP contribution >= 0.6 is 22.9 Å². The van der Waals surface area contributed by atoms with Crippen molar-refractivity contribution in [1.82, 2.24) is 10.3 Å². The molecule has 0 atom stereocenters. The Balaban J connectivity index is 1.39. The minimum absolute atomic E-state index is 0.00192. The average molecular weight is 527 g/mol. The number of benzene rings is 2. The van der Waals surface area contributed by atoms with Crippen LogP contribution in [0.3, 0.4) is 0 Å². The van der Waals surface area contributed by atoms with E-state index in [-0.39, 0.29) is 19.4 Å². The summed E-state index contributed by atoms with van der Waals surface area (Å²) in [6.45, 7) is 4.23. The number of anilines is 2. The van der Waals surface area contributed by atoms with E-state index in [1.54, 1.807) is 23.5 Å². The van der Waals surface area contributed by atoms with Gasteiger partial charge in [0.15, 0.2) is 5.13 Å². The zero-order valence-corrected chi connectivity index (χ0v) is 21.4. The van der Waals surface area contributed by atoms with Gasteiger partial charge < -0.3 is 25.4 Å². The molecule has 3 heterocycles. The monoisotopic (exact) mass is 526 g/mol. The zero-order chi connectivity index (χ0) is 25.1. The predicted octanol–water partition coefficient (Wildman–Crippen LogP) is 4.69. The van der Waals surface area contributed by atoms with Crippen LogP contribution in [0.1, 0.15) is 36.5 Å². The minimum Gasteiger partial charge on any atom is -0.416 e. The molecule has 0 amide bonds. The van der Waals surface area contributed by atoms with Crippen molar-refractivity contribution in [2.24, 2.45) is 0 Å². The molecule has 3 N–H and O–H groups in total. The third-order valence-corrected chi connectivity index (χ3v) is 7.34. The Morgan fingerprint density at radius 1 is 1.06 bits per heavy atom. The van der Waals surface area contributed by atoms with Gasteiger partial charge in [-0.05, 0) is 43.1 Å². The summed E-state index contributed by atoms with van der Waals surface area (Å²) in [5.41, 5.74) is 5.31. The van der Waals surface area contributed by atoms with Crippen molar-refractivity contribution in [3.63, 3.8) is 0 Å². The molecule has 36 heavy (non-hydrogen) atoms. The summed E-state index contributed by atoms with van der Waals surface area (Å²) in [5, 5.41) is 13.4. The number of halogens is 1. The summed E-state index contributed by atoms with van der Waals surface area (Å²) in [5.74, 6) is -2.42. The van der Waals surface area contributed by atoms with Gasteiger partial charge in [0.2, 0.25) is 0 Å². The van der Waals surface area contributed by atoms with Gasteiger partial charge in [-0.25, -0.2) is 4.98 Å². The van der Waals surface area contributed by atoms with Crippen LogP contribution in [0.5, 0.6) is 0 Å². The Bertz CT molecular complexity index is 1260. The van der Waals surface area contributed by atoms with E-state index in [0.717, 1.165) is 39.7 Å². The van der Waals surface area contributed by atoms with Crippen LogP contribution in [-0.4, -0.2) is 36.6 Å². The van der Waals surface area contributed by atoms with Crippen molar-refractivity contribution in [3.8, 4) is 11.3 Å². The molecule has 188 valence electrons. The molecular weight excluding hydrogens is 500 g/mol. The number of thiazole rings is 1. The lowest BCUT2D eigenvalue weighted by Gasteiger charge is -2.32. The summed E-state index contributed by atoms with van der Waals surface area (Å²) in [6, 6.07) is 11.8. The Morgan fingerprint density at radius 2 is 1.81 bits per heavy atom. The molecule has 0 aliphatic carbocycles. The van der Waals surface area contributed by atoms with Gasteiger partial charge in [-0.1, -0.05) is 35.9 Å². The van der Waals surface area contributed by atoms with E-state index in [2.05, 4.69) is 45.2 Å². The number of rotatable bonds is 6. The van der Waals surface area contributed by atoms with E-state index in [1.807, 2.05) is 12.3 Å². The number of carbonyl (C=O) groups excluding carboxylic acids is 2. The molecule has 2 aliphatic rings. The number of fused-ring (bicyclic) bond motifs is 2. The Morgan fingerprint density at radius 3 is 2.53 bits per heavy atom. The van der Waals surface area contributed by atoms with E-state index < -0.39 is 17.7 Å². The van der Waals surface area contributed by atoms with E-state index in [0.29, 0.717) is 30.1 Å². The second kappa shape index (κ2) is 10.5. The van der Waals surface area contributed by atoms with E-state index in [9.17, 15) is 9.59 Å². The first-order chi connectivity index (χ1) is 17.5. The number of ether oxygens (including phenoxy) is 2. The quantitative estimate of drug-likeness (QED) is 0.398. The van der Waals surface area contributed by atoms with Crippen LogP contribution in [0.15, 0.2) is 41.8 Å². The fourth-order valence-corrected chi connectivity index (χ4v) is 5.52. The molecule has 0 saturated carbocycles. The molecular formula is C26H27ClN4O4S. The van der Waals surface area contributed by atoms with Crippen LogP contribution in [0.2, 0.25) is 5.02 Å². The summed E-state index contributed by atoms with van der Waals surface area (Å²) in [7, 11) is 0. The van der Waals surface area contributed by atoms with E-state index in [4.69, 9.17) is 21.1 Å². The van der Waals surface area contributed by atoms with Gasteiger partial charge in [0.1, 0.15) is 0 Å². The van der Waals surface area contributed by atoms with Crippen LogP contribution in [0.25, 0.3) is 11.3 Å². The fourth-order valence-electron chi connectivity index (χ4n) is 4.49. The minimum atomic E-state index is -1.50. The molecule has 0 unspecified atom stereocenters. The molecule has 1 fully saturated rings. The van der Waals surface area contributed by atoms with Gasteiger partial charge in [-0.2, -0.15) is 0 Å². The van der Waals surface area contributed by atoms with Crippen molar-refractivity contribution >= 4 is 45.7 Å². The first-order valence-electron chi connectivity index (χ1n) is 12.0. The molecule has 2 aliphatic heterocycles. The molecule has 1 saturated heterocycles. The summed E-state index contributed by atoms with van der Waals surface area (Å²) < 4.78 is 11.4. The third kappa shape index (κ3) is 5.04. The lowest BCUT2D eigenvalue weighted by molar-refractivity contribution is -0.225. The summed E-state index contributed by atoms with van der Waals surface area (Å²) >= 11 is 8.21. The second-order valence-electron chi connectivity index (χ2n) is 8.70. The van der Waals surface area contributed by atoms with Crippen LogP contribution in [-0.2, 0) is 37.8 Å². The van der Waals surface area contributed by atoms with Crippen molar-refractivity contribution in [1.29, 1.82) is 0 Å². The number of nitrogens with one attached hydrogen (secondary N) is 3. The van der Waals surface area contributed by atoms with Crippen molar-refractivity contribution in [3.05, 3.63) is 63.5 Å². The van der Waals surface area contributed by atoms with E-state index >= 15 is 0 Å². The first-order valence-corrected chi connectivity index (χ1v) is 13.2. The number of nitrogens with zero attached hydrogens (tertiary/aromatic N) is 1. The molecule has 5 rings (SSSR count). The van der Waals surface area contributed by atoms with Gasteiger partial charge in [-0.3, -0.25) is 9.59 Å². The highest BCUT2D eigenvalue weighted by molar-refractivity contribution is 7.14. The normalized spacial score (nSPS) is 16.9. The highest BCUT2D eigenvalue weighted by atomic mass is 35.5. The molecule has 2 aromatic carbocycles. The highest BCUT2D eigenvalue weighted by Crippen LogP contribution is 2.40. The maximum Gasteiger partial charge on any atom is 0.309 e. The largest absolute Gasteiger partial charge is 0.416 e. The topological polar surface area (TPSA) is 102 Å². The smallest absolute Gasteiger partial charge is 0.309 e. The maximum atomic E-state index is 12.3. The number of carbonyl (C=O) groups is 2. The van der Waals surface area contributed by atoms with Crippen molar-refractivity contribution < 1.29 is 19.1 Å². The standard InChI is InChI=1S/C26H27ClN4O4S/c1-2-29-25-31-21(14-36-25)17-5-3-16(4-6-17)13-30-24-18-11-12-28-15-26(19(18)7-8-20(24)27)34-22(32)9-10-23(33)35-26/h3-8,14,28,30H,2,9-13,15H2,1H3,(H,29,31). The number of aromatic nitrogens is 1. The number of hydrogen-bond donors (Lipinski definition) is 3. The van der Waals surface area contributed by atoms with E-state index in [1.165, 1.54) is 0 Å². The molecule has 3 aromatic rings. The highest BCUT2D eigenvalue weighted by Gasteiger charge is 2.46. The fraction of sp³-hybridized carbons (Fsp3) is 0.346. The van der Waals surface area contributed by atoms with Gasteiger partial charge in [0, 0.05) is 29.6 Å². The first kappa shape index (κ1) is 24.5. The second-order valence-corrected chi connectivity index (χ2v) is 9.96. The van der Waals surface area contributed by atoms with Gasteiger partial charge in [0.25, 0.3) is 5.79 Å². The lowest BCUT2D eigenvalue weighted by atomic mass is 9.96. The van der Waals surface area contributed by atoms with Crippen molar-refractivity contribution in [2.75, 3.05) is 30.3 Å². The molecule has 8 nitrogen and oxygen atoms in total. The molecule has 0 radical (unpaired) electrons. The maximum absolute atomic E-state index is 12.3. The average Bonchev–Trinajstić information content (AvgIpc) is 3.19. The Kier molecular flexibility index (Phi) is 7.13. The lowest BCUT2D eigenvalue weighted by Crippen LogP contribution is -2.43. The summed E-state index contributed by atoms with van der Waals surface area (Å²) in [6.07, 6.45) is 0.635. The van der Waals surface area contributed by atoms with Gasteiger partial charge in [-0.15, -0.1) is 11.3 Å². The van der Waals surface area contributed by atoms with Crippen LogP contribution in [0, 0.1) is 0 Å². The summed E-state index contributed by atoms with van der Waals surface area (Å²) in [4.78, 5) is 29.3. The molecule has 10 heteroatoms. The molecule has 1 aromatic heterocycles. The van der Waals surface area contributed by atoms with Gasteiger partial charge in [0.05, 0.1) is 35.8 Å². The predicted molar refractivity (Wildman–Crippen MR) is 140 cm³/mol. The molecule has 1 spiro atoms. The SMILES string of the molecule is CCNc1nc(-c2ccc(CNc3c(Cl)ccc4c3CCNCC43OC(=O)CCC(=O)O3)cc2)cs1. The van der Waals surface area contributed by atoms with Crippen LogP contribution in [0.4, 0.5) is 10.8 Å². The third-order valence-electron chi connectivity index (χ3n) is 6.22. The number of esters is 2. The Labute approximate surface area is 218 Å². The number of hydrogen-bond acceptors (Lipinski definition) is 9.